The predicted molar refractivity (Wildman–Crippen MR) is 75.1 cm³/mol. The van der Waals surface area contributed by atoms with Crippen LogP contribution in [0.1, 0.15) is 45.1 Å². The van der Waals surface area contributed by atoms with Crippen molar-refractivity contribution < 1.29 is 5.11 Å². The van der Waals surface area contributed by atoms with E-state index >= 15 is 0 Å². The van der Waals surface area contributed by atoms with Gasteiger partial charge in [-0.2, -0.15) is 0 Å². The minimum Gasteiger partial charge on any atom is -0.396 e. The molecule has 0 amide bonds. The van der Waals surface area contributed by atoms with E-state index in [1.165, 1.54) is 6.33 Å². The second-order valence-corrected chi connectivity index (χ2v) is 5.11. The van der Waals surface area contributed by atoms with Gasteiger partial charge in [-0.15, -0.1) is 0 Å². The van der Waals surface area contributed by atoms with Crippen LogP contribution >= 0.6 is 11.6 Å². The summed E-state index contributed by atoms with van der Waals surface area (Å²) in [5, 5.41) is 12.8. The van der Waals surface area contributed by atoms with Crippen LogP contribution in [-0.2, 0) is 0 Å². The van der Waals surface area contributed by atoms with E-state index in [9.17, 15) is 0 Å². The van der Waals surface area contributed by atoms with Crippen molar-refractivity contribution in [2.45, 2.75) is 39.5 Å². The van der Waals surface area contributed by atoms with E-state index in [0.29, 0.717) is 11.1 Å². The molecule has 1 rings (SSSR count). The Kier molecular flexibility index (Phi) is 6.36. The summed E-state index contributed by atoms with van der Waals surface area (Å²) >= 11 is 6.10. The zero-order chi connectivity index (χ0) is 13.5. The zero-order valence-electron chi connectivity index (χ0n) is 11.3. The Bertz CT molecular complexity index is 371. The summed E-state index contributed by atoms with van der Waals surface area (Å²) in [7, 11) is 0. The molecule has 0 aliphatic carbocycles. The SMILES string of the molecule is CCC(CCO)CNc1ncnc(Cl)c1C(C)C. The van der Waals surface area contributed by atoms with Crippen molar-refractivity contribution in [1.29, 1.82) is 0 Å². The lowest BCUT2D eigenvalue weighted by molar-refractivity contribution is 0.258. The van der Waals surface area contributed by atoms with E-state index < -0.39 is 0 Å². The van der Waals surface area contributed by atoms with E-state index in [-0.39, 0.29) is 12.5 Å². The lowest BCUT2D eigenvalue weighted by Gasteiger charge is -2.18. The Labute approximate surface area is 114 Å². The minimum atomic E-state index is 0.224. The summed E-state index contributed by atoms with van der Waals surface area (Å²) in [5.41, 5.74) is 0.956. The number of hydrogen-bond acceptors (Lipinski definition) is 4. The smallest absolute Gasteiger partial charge is 0.138 e. The molecular formula is C13H22ClN3O. The fourth-order valence-electron chi connectivity index (χ4n) is 1.90. The number of aromatic nitrogens is 2. The molecule has 1 heterocycles. The second-order valence-electron chi connectivity index (χ2n) is 4.75. The van der Waals surface area contributed by atoms with Crippen LogP contribution in [0.25, 0.3) is 0 Å². The van der Waals surface area contributed by atoms with Gasteiger partial charge in [-0.1, -0.05) is 38.8 Å². The lowest BCUT2D eigenvalue weighted by atomic mass is 10.0. The van der Waals surface area contributed by atoms with Gasteiger partial charge in [0.1, 0.15) is 17.3 Å². The number of nitrogens with zero attached hydrogens (tertiary/aromatic N) is 2. The first kappa shape index (κ1) is 15.2. The molecule has 2 N–H and O–H groups in total. The van der Waals surface area contributed by atoms with Crippen molar-refractivity contribution in [3.8, 4) is 0 Å². The molecule has 0 fully saturated rings. The first-order valence-corrected chi connectivity index (χ1v) is 6.83. The fraction of sp³-hybridized carbons (Fsp3) is 0.692. The predicted octanol–water partition coefficient (Wildman–Crippen LogP) is 3.07. The summed E-state index contributed by atoms with van der Waals surface area (Å²) in [6, 6.07) is 0. The Morgan fingerprint density at radius 3 is 2.67 bits per heavy atom. The number of halogens is 1. The van der Waals surface area contributed by atoms with E-state index in [2.05, 4.69) is 36.1 Å². The number of anilines is 1. The fourth-order valence-corrected chi connectivity index (χ4v) is 2.25. The van der Waals surface area contributed by atoms with Gasteiger partial charge in [0.15, 0.2) is 0 Å². The molecule has 0 radical (unpaired) electrons. The van der Waals surface area contributed by atoms with Crippen molar-refractivity contribution in [3.63, 3.8) is 0 Å². The third-order valence-electron chi connectivity index (χ3n) is 3.09. The lowest BCUT2D eigenvalue weighted by Crippen LogP contribution is -2.17. The first-order valence-electron chi connectivity index (χ1n) is 6.45. The highest BCUT2D eigenvalue weighted by Gasteiger charge is 2.14. The Balaban J connectivity index is 2.75. The molecule has 1 aromatic rings. The van der Waals surface area contributed by atoms with E-state index in [1.807, 2.05) is 0 Å². The van der Waals surface area contributed by atoms with Gasteiger partial charge in [0.05, 0.1) is 0 Å². The highest BCUT2D eigenvalue weighted by molar-refractivity contribution is 6.30. The third kappa shape index (κ3) is 4.10. The normalized spacial score (nSPS) is 12.8. The first-order chi connectivity index (χ1) is 8.60. The third-order valence-corrected chi connectivity index (χ3v) is 3.39. The molecule has 102 valence electrons. The van der Waals surface area contributed by atoms with Gasteiger partial charge in [0.2, 0.25) is 0 Å². The highest BCUT2D eigenvalue weighted by atomic mass is 35.5. The molecule has 5 heteroatoms. The van der Waals surface area contributed by atoms with Crippen LogP contribution in [0.15, 0.2) is 6.33 Å². The van der Waals surface area contributed by atoms with Crippen LogP contribution in [0, 0.1) is 5.92 Å². The number of nitrogens with one attached hydrogen (secondary N) is 1. The number of aliphatic hydroxyl groups excluding tert-OH is 1. The van der Waals surface area contributed by atoms with Gasteiger partial charge in [0.25, 0.3) is 0 Å². The summed E-state index contributed by atoms with van der Waals surface area (Å²) in [5.74, 6) is 1.53. The average molecular weight is 272 g/mol. The molecule has 0 aliphatic heterocycles. The Hall–Kier alpha value is -0.870. The maximum absolute atomic E-state index is 8.98. The molecule has 0 saturated carbocycles. The molecule has 1 atom stereocenters. The van der Waals surface area contributed by atoms with E-state index in [4.69, 9.17) is 16.7 Å². The monoisotopic (exact) mass is 271 g/mol. The Morgan fingerprint density at radius 2 is 2.11 bits per heavy atom. The summed E-state index contributed by atoms with van der Waals surface area (Å²) < 4.78 is 0. The molecular weight excluding hydrogens is 250 g/mol. The molecule has 0 saturated heterocycles. The number of hydrogen-bond donors (Lipinski definition) is 2. The van der Waals surface area contributed by atoms with Crippen molar-refractivity contribution in [1.82, 2.24) is 9.97 Å². The molecule has 0 bridgehead atoms. The number of aliphatic hydroxyl groups is 1. The topological polar surface area (TPSA) is 58.0 Å². The van der Waals surface area contributed by atoms with Gasteiger partial charge >= 0.3 is 0 Å². The van der Waals surface area contributed by atoms with Gasteiger partial charge in [0, 0.05) is 18.7 Å². The second kappa shape index (κ2) is 7.54. The summed E-state index contributed by atoms with van der Waals surface area (Å²) in [6.45, 7) is 7.28. The van der Waals surface area contributed by atoms with Crippen LogP contribution in [0.3, 0.4) is 0 Å². The molecule has 0 aliphatic rings. The van der Waals surface area contributed by atoms with Crippen LogP contribution in [-0.4, -0.2) is 28.2 Å². The molecule has 1 unspecified atom stereocenters. The molecule has 18 heavy (non-hydrogen) atoms. The summed E-state index contributed by atoms with van der Waals surface area (Å²) in [6.07, 6.45) is 3.31. The van der Waals surface area contributed by atoms with Crippen molar-refractivity contribution in [2.24, 2.45) is 5.92 Å². The van der Waals surface area contributed by atoms with Crippen molar-refractivity contribution in [3.05, 3.63) is 17.0 Å². The maximum atomic E-state index is 8.98. The molecule has 0 aromatic carbocycles. The average Bonchev–Trinajstić information content (AvgIpc) is 2.33. The highest BCUT2D eigenvalue weighted by Crippen LogP contribution is 2.28. The van der Waals surface area contributed by atoms with Gasteiger partial charge in [-0.05, 0) is 18.3 Å². The maximum Gasteiger partial charge on any atom is 0.138 e. The van der Waals surface area contributed by atoms with Crippen LogP contribution in [0.4, 0.5) is 5.82 Å². The van der Waals surface area contributed by atoms with Gasteiger partial charge in [-0.3, -0.25) is 0 Å². The number of rotatable bonds is 7. The molecule has 4 nitrogen and oxygen atoms in total. The summed E-state index contributed by atoms with van der Waals surface area (Å²) in [4.78, 5) is 8.28. The van der Waals surface area contributed by atoms with Gasteiger partial charge < -0.3 is 10.4 Å². The molecule has 0 spiro atoms. The van der Waals surface area contributed by atoms with Crippen LogP contribution in [0.5, 0.6) is 0 Å². The quantitative estimate of drug-likeness (QED) is 0.749. The van der Waals surface area contributed by atoms with Crippen molar-refractivity contribution >= 4 is 17.4 Å². The van der Waals surface area contributed by atoms with E-state index in [0.717, 1.165) is 30.8 Å². The zero-order valence-corrected chi connectivity index (χ0v) is 12.0. The largest absolute Gasteiger partial charge is 0.396 e. The van der Waals surface area contributed by atoms with Crippen LogP contribution in [0.2, 0.25) is 5.15 Å². The van der Waals surface area contributed by atoms with E-state index in [1.54, 1.807) is 0 Å². The standard InChI is InChI=1S/C13H22ClN3O/c1-4-10(5-6-18)7-15-13-11(9(2)3)12(14)16-8-17-13/h8-10,18H,4-7H2,1-3H3,(H,15,16,17). The molecule has 1 aromatic heterocycles. The Morgan fingerprint density at radius 1 is 1.39 bits per heavy atom. The van der Waals surface area contributed by atoms with Crippen LogP contribution < -0.4 is 5.32 Å². The minimum absolute atomic E-state index is 0.224. The van der Waals surface area contributed by atoms with Crippen molar-refractivity contribution in [2.75, 3.05) is 18.5 Å². The van der Waals surface area contributed by atoms with Gasteiger partial charge in [-0.25, -0.2) is 9.97 Å².